The molecule has 0 radical (unpaired) electrons. The molecule has 0 aliphatic carbocycles. The summed E-state index contributed by atoms with van der Waals surface area (Å²) in [5.41, 5.74) is 0.844. The number of benzene rings is 1. The first kappa shape index (κ1) is 28.1. The normalized spacial score (nSPS) is 17.0. The van der Waals surface area contributed by atoms with E-state index in [4.69, 9.17) is 4.74 Å². The lowest BCUT2D eigenvalue weighted by atomic mass is 9.90. The maximum atomic E-state index is 13.4. The Bertz CT molecular complexity index is 797. The van der Waals surface area contributed by atoms with Gasteiger partial charge < -0.3 is 15.4 Å². The fourth-order valence-electron chi connectivity index (χ4n) is 3.32. The Balaban J connectivity index is 0.00000480. The van der Waals surface area contributed by atoms with Gasteiger partial charge in [0.15, 0.2) is 5.96 Å². The first-order valence-corrected chi connectivity index (χ1v) is 12.4. The van der Waals surface area contributed by atoms with Crippen LogP contribution in [0, 0.1) is 11.2 Å². The van der Waals surface area contributed by atoms with Gasteiger partial charge in [-0.25, -0.2) is 12.8 Å². The zero-order valence-corrected chi connectivity index (χ0v) is 22.0. The molecule has 0 bridgehead atoms. The van der Waals surface area contributed by atoms with Crippen LogP contribution in [0.25, 0.3) is 0 Å². The van der Waals surface area contributed by atoms with Crippen molar-refractivity contribution in [2.75, 3.05) is 58.4 Å². The maximum absolute atomic E-state index is 13.4. The molecule has 31 heavy (non-hydrogen) atoms. The van der Waals surface area contributed by atoms with Crippen LogP contribution < -0.4 is 10.6 Å². The van der Waals surface area contributed by atoms with Crippen LogP contribution in [0.3, 0.4) is 0 Å². The SMILES string of the molecule is CN=C(NCC(c1ccc(F)cc1)N1CCOCC1)NCC(C)(C)CCS(C)(=O)=O.I. The van der Waals surface area contributed by atoms with Crippen molar-refractivity contribution < 1.29 is 17.5 Å². The minimum absolute atomic E-state index is 0. The molecule has 0 spiro atoms. The summed E-state index contributed by atoms with van der Waals surface area (Å²) >= 11 is 0. The lowest BCUT2D eigenvalue weighted by molar-refractivity contribution is 0.0170. The zero-order chi connectivity index (χ0) is 22.2. The number of morpholine rings is 1. The number of aliphatic imine (C=N–C) groups is 1. The van der Waals surface area contributed by atoms with Gasteiger partial charge in [0.2, 0.25) is 0 Å². The zero-order valence-electron chi connectivity index (χ0n) is 18.9. The lowest BCUT2D eigenvalue weighted by Gasteiger charge is -2.35. The van der Waals surface area contributed by atoms with E-state index in [9.17, 15) is 12.8 Å². The second-order valence-electron chi connectivity index (χ2n) is 8.57. The Morgan fingerprint density at radius 1 is 1.23 bits per heavy atom. The predicted molar refractivity (Wildman–Crippen MR) is 134 cm³/mol. The first-order chi connectivity index (χ1) is 14.1. The van der Waals surface area contributed by atoms with Crippen LogP contribution >= 0.6 is 24.0 Å². The number of rotatable bonds is 9. The van der Waals surface area contributed by atoms with Crippen molar-refractivity contribution in [2.45, 2.75) is 26.3 Å². The molecular weight excluding hydrogens is 534 g/mol. The van der Waals surface area contributed by atoms with E-state index in [1.807, 2.05) is 26.0 Å². The van der Waals surface area contributed by atoms with Crippen molar-refractivity contribution in [3.63, 3.8) is 0 Å². The van der Waals surface area contributed by atoms with Gasteiger partial charge in [0.1, 0.15) is 15.7 Å². The third-order valence-electron chi connectivity index (χ3n) is 5.31. The molecule has 1 fully saturated rings. The molecule has 10 heteroatoms. The number of ether oxygens (including phenoxy) is 1. The molecule has 1 heterocycles. The van der Waals surface area contributed by atoms with Gasteiger partial charge in [-0.1, -0.05) is 26.0 Å². The van der Waals surface area contributed by atoms with Gasteiger partial charge in [0, 0.05) is 39.5 Å². The summed E-state index contributed by atoms with van der Waals surface area (Å²) in [5, 5.41) is 6.67. The van der Waals surface area contributed by atoms with Crippen molar-refractivity contribution in [1.29, 1.82) is 0 Å². The fourth-order valence-corrected chi connectivity index (χ4v) is 4.24. The third kappa shape index (κ3) is 10.5. The van der Waals surface area contributed by atoms with E-state index in [2.05, 4.69) is 20.5 Å². The number of hydrogen-bond acceptors (Lipinski definition) is 5. The van der Waals surface area contributed by atoms with Crippen LogP contribution in [0.2, 0.25) is 0 Å². The van der Waals surface area contributed by atoms with Crippen molar-refractivity contribution in [1.82, 2.24) is 15.5 Å². The number of nitrogens with zero attached hydrogens (tertiary/aromatic N) is 2. The topological polar surface area (TPSA) is 83.0 Å². The average Bonchev–Trinajstić information content (AvgIpc) is 2.70. The Labute approximate surface area is 203 Å². The number of halogens is 2. The van der Waals surface area contributed by atoms with Gasteiger partial charge in [-0.15, -0.1) is 24.0 Å². The van der Waals surface area contributed by atoms with Gasteiger partial charge in [-0.2, -0.15) is 0 Å². The second-order valence-corrected chi connectivity index (χ2v) is 10.8. The molecule has 1 aromatic carbocycles. The molecule has 2 N–H and O–H groups in total. The quantitative estimate of drug-likeness (QED) is 0.270. The largest absolute Gasteiger partial charge is 0.379 e. The molecule has 178 valence electrons. The smallest absolute Gasteiger partial charge is 0.191 e. The predicted octanol–water partition coefficient (Wildman–Crippen LogP) is 2.44. The maximum Gasteiger partial charge on any atom is 0.191 e. The average molecular weight is 571 g/mol. The van der Waals surface area contributed by atoms with Gasteiger partial charge in [-0.3, -0.25) is 9.89 Å². The van der Waals surface area contributed by atoms with Crippen LogP contribution in [0.1, 0.15) is 31.9 Å². The van der Waals surface area contributed by atoms with Crippen LogP contribution in [0.5, 0.6) is 0 Å². The molecule has 1 atom stereocenters. The molecule has 1 aromatic rings. The van der Waals surface area contributed by atoms with Crippen molar-refractivity contribution in [3.05, 3.63) is 35.6 Å². The lowest BCUT2D eigenvalue weighted by Crippen LogP contribution is -2.47. The van der Waals surface area contributed by atoms with Crippen molar-refractivity contribution in [3.8, 4) is 0 Å². The molecule has 2 rings (SSSR count). The summed E-state index contributed by atoms with van der Waals surface area (Å²) in [4.78, 5) is 6.62. The monoisotopic (exact) mass is 570 g/mol. The fraction of sp³-hybridized carbons (Fsp3) is 0.667. The summed E-state index contributed by atoms with van der Waals surface area (Å²) in [6.07, 6.45) is 1.83. The van der Waals surface area contributed by atoms with Gasteiger partial charge in [0.05, 0.1) is 25.0 Å². The first-order valence-electron chi connectivity index (χ1n) is 10.3. The van der Waals surface area contributed by atoms with E-state index in [-0.39, 0.29) is 47.0 Å². The van der Waals surface area contributed by atoms with Gasteiger partial charge in [0.25, 0.3) is 0 Å². The van der Waals surface area contributed by atoms with E-state index in [1.54, 1.807) is 7.05 Å². The van der Waals surface area contributed by atoms with Crippen LogP contribution in [0.15, 0.2) is 29.3 Å². The van der Waals surface area contributed by atoms with E-state index in [0.717, 1.165) is 18.7 Å². The molecule has 0 amide bonds. The Kier molecular flexibility index (Phi) is 11.7. The summed E-state index contributed by atoms with van der Waals surface area (Å²) in [5.74, 6) is 0.571. The summed E-state index contributed by atoms with van der Waals surface area (Å²) in [6, 6.07) is 6.68. The number of hydrogen-bond donors (Lipinski definition) is 2. The summed E-state index contributed by atoms with van der Waals surface area (Å²) in [7, 11) is -1.28. The standard InChI is InChI=1S/C21H35FN4O3S.HI/c1-21(2,9-14-30(4,27)28)16-25-20(23-3)24-15-19(26-10-12-29-13-11-26)17-5-7-18(22)8-6-17;/h5-8,19H,9-16H2,1-4H3,(H2,23,24,25);1H. The molecule has 7 nitrogen and oxygen atoms in total. The molecule has 1 saturated heterocycles. The van der Waals surface area contributed by atoms with Gasteiger partial charge >= 0.3 is 0 Å². The van der Waals surface area contributed by atoms with Gasteiger partial charge in [-0.05, 0) is 29.5 Å². The van der Waals surface area contributed by atoms with E-state index < -0.39 is 9.84 Å². The Morgan fingerprint density at radius 2 is 1.84 bits per heavy atom. The highest BCUT2D eigenvalue weighted by atomic mass is 127. The van der Waals surface area contributed by atoms with E-state index >= 15 is 0 Å². The molecule has 1 aliphatic heterocycles. The molecule has 1 unspecified atom stereocenters. The summed E-state index contributed by atoms with van der Waals surface area (Å²) in [6.45, 7) is 8.26. The minimum Gasteiger partial charge on any atom is -0.379 e. The number of sulfone groups is 1. The molecule has 0 aromatic heterocycles. The van der Waals surface area contributed by atoms with Crippen molar-refractivity contribution in [2.24, 2.45) is 10.4 Å². The third-order valence-corrected chi connectivity index (χ3v) is 6.26. The molecule has 0 saturated carbocycles. The second kappa shape index (κ2) is 12.9. The Morgan fingerprint density at radius 3 is 2.39 bits per heavy atom. The van der Waals surface area contributed by atoms with Crippen LogP contribution in [0.4, 0.5) is 4.39 Å². The van der Waals surface area contributed by atoms with Crippen LogP contribution in [-0.4, -0.2) is 77.7 Å². The highest BCUT2D eigenvalue weighted by molar-refractivity contribution is 14.0. The van der Waals surface area contributed by atoms with E-state index in [0.29, 0.717) is 38.7 Å². The molecule has 1 aliphatic rings. The van der Waals surface area contributed by atoms with Crippen molar-refractivity contribution >= 4 is 39.8 Å². The summed E-state index contributed by atoms with van der Waals surface area (Å²) < 4.78 is 41.8. The molecular formula is C21H36FIN4O3S. The Hall–Kier alpha value is -0.980. The number of guanidine groups is 1. The van der Waals surface area contributed by atoms with Crippen LogP contribution in [-0.2, 0) is 14.6 Å². The minimum atomic E-state index is -2.99. The number of nitrogens with one attached hydrogen (secondary N) is 2. The highest BCUT2D eigenvalue weighted by Crippen LogP contribution is 2.22. The van der Waals surface area contributed by atoms with E-state index in [1.165, 1.54) is 18.4 Å². The highest BCUT2D eigenvalue weighted by Gasteiger charge is 2.24.